The number of hydrogen-bond donors (Lipinski definition) is 1. The molecule has 1 N–H and O–H groups in total. The number of halogens is 1. The van der Waals surface area contributed by atoms with Crippen molar-refractivity contribution in [3.8, 4) is 17.6 Å². The second-order valence-electron chi connectivity index (χ2n) is 5.90. The minimum atomic E-state index is -0.453. The number of carbonyl (C=O) groups excluding carboxylic acids is 1. The molecule has 0 saturated carbocycles. The van der Waals surface area contributed by atoms with Gasteiger partial charge in [0.2, 0.25) is 0 Å². The van der Waals surface area contributed by atoms with Crippen LogP contribution in [0.15, 0.2) is 36.4 Å². The lowest BCUT2D eigenvalue weighted by molar-refractivity contribution is -0.145. The highest BCUT2D eigenvalue weighted by Gasteiger charge is 2.15. The van der Waals surface area contributed by atoms with Gasteiger partial charge < -0.3 is 19.2 Å². The van der Waals surface area contributed by atoms with Gasteiger partial charge in [-0.2, -0.15) is 5.26 Å². The zero-order valence-corrected chi connectivity index (χ0v) is 18.0. The Kier molecular flexibility index (Phi) is 6.72. The number of ether oxygens (including phenoxy) is 3. The van der Waals surface area contributed by atoms with Gasteiger partial charge in [0.05, 0.1) is 33.9 Å². The summed E-state index contributed by atoms with van der Waals surface area (Å²) in [5.74, 6) is 0.936. The van der Waals surface area contributed by atoms with Gasteiger partial charge in [-0.3, -0.25) is 0 Å². The van der Waals surface area contributed by atoms with E-state index in [1.165, 1.54) is 7.11 Å². The van der Waals surface area contributed by atoms with Crippen molar-refractivity contribution in [2.75, 3.05) is 20.3 Å². The van der Waals surface area contributed by atoms with Crippen LogP contribution in [0.2, 0.25) is 0 Å². The molecule has 0 spiro atoms. The molecular formula is C21H18IN3O4. The minimum Gasteiger partial charge on any atom is -0.493 e. The van der Waals surface area contributed by atoms with Gasteiger partial charge in [0.15, 0.2) is 18.1 Å². The van der Waals surface area contributed by atoms with Crippen LogP contribution < -0.4 is 9.47 Å². The summed E-state index contributed by atoms with van der Waals surface area (Å²) < 4.78 is 16.6. The maximum atomic E-state index is 11.6. The molecule has 0 saturated heterocycles. The normalized spacial score (nSPS) is 11.2. The number of rotatable bonds is 7. The Balaban J connectivity index is 1.92. The number of methoxy groups -OCH3 is 1. The van der Waals surface area contributed by atoms with E-state index in [4.69, 9.17) is 14.2 Å². The van der Waals surface area contributed by atoms with Gasteiger partial charge in [-0.25, -0.2) is 9.78 Å². The highest BCUT2D eigenvalue weighted by Crippen LogP contribution is 2.35. The zero-order valence-electron chi connectivity index (χ0n) is 15.9. The number of nitrogens with one attached hydrogen (secondary N) is 1. The number of imidazole rings is 1. The van der Waals surface area contributed by atoms with Crippen LogP contribution in [0.5, 0.6) is 11.5 Å². The van der Waals surface area contributed by atoms with Crippen molar-refractivity contribution in [3.05, 3.63) is 51.4 Å². The van der Waals surface area contributed by atoms with Gasteiger partial charge in [0.25, 0.3) is 0 Å². The molecule has 0 unspecified atom stereocenters. The monoisotopic (exact) mass is 503 g/mol. The van der Waals surface area contributed by atoms with Crippen LogP contribution in [0.4, 0.5) is 0 Å². The van der Waals surface area contributed by atoms with Gasteiger partial charge in [-0.05, 0) is 65.4 Å². The van der Waals surface area contributed by atoms with E-state index in [1.807, 2.05) is 30.3 Å². The predicted octanol–water partition coefficient (Wildman–Crippen LogP) is 4.18. The molecule has 2 aromatic carbocycles. The molecule has 0 fully saturated rings. The number of aromatic amines is 1. The summed E-state index contributed by atoms with van der Waals surface area (Å²) in [6.07, 6.45) is 1.72. The zero-order chi connectivity index (χ0) is 20.8. The molecule has 1 aromatic heterocycles. The van der Waals surface area contributed by atoms with Crippen LogP contribution in [0.3, 0.4) is 0 Å². The van der Waals surface area contributed by atoms with Crippen LogP contribution in [0.25, 0.3) is 22.7 Å². The van der Waals surface area contributed by atoms with E-state index in [0.717, 1.165) is 20.2 Å². The first-order valence-electron chi connectivity index (χ1n) is 8.78. The number of nitriles is 1. The third-order valence-corrected chi connectivity index (χ3v) is 4.77. The molecule has 7 nitrogen and oxygen atoms in total. The summed E-state index contributed by atoms with van der Waals surface area (Å²) in [5.41, 5.74) is 2.78. The fraction of sp³-hybridized carbons (Fsp3) is 0.190. The first kappa shape index (κ1) is 20.7. The summed E-state index contributed by atoms with van der Waals surface area (Å²) >= 11 is 2.10. The number of carbonyl (C=O) groups is 1. The number of benzene rings is 2. The quantitative estimate of drug-likeness (QED) is 0.295. The highest BCUT2D eigenvalue weighted by atomic mass is 127. The fourth-order valence-electron chi connectivity index (χ4n) is 2.70. The summed E-state index contributed by atoms with van der Waals surface area (Å²) in [5, 5.41) is 9.62. The summed E-state index contributed by atoms with van der Waals surface area (Å²) in [4.78, 5) is 19.2. The SMILES string of the molecule is CCOC(=O)COc1c(I)cc(/C=C(\C#N)c2nc3ccccc3[nH]2)cc1OC. The van der Waals surface area contributed by atoms with E-state index < -0.39 is 5.97 Å². The maximum absolute atomic E-state index is 11.6. The van der Waals surface area contributed by atoms with Crippen molar-refractivity contribution >= 4 is 51.2 Å². The van der Waals surface area contributed by atoms with E-state index in [2.05, 4.69) is 38.6 Å². The first-order chi connectivity index (χ1) is 14.0. The lowest BCUT2D eigenvalue weighted by atomic mass is 10.1. The standard InChI is InChI=1S/C21H18IN3O4/c1-3-28-19(26)12-29-20-15(22)9-13(10-18(20)27-2)8-14(11-23)21-24-16-6-4-5-7-17(16)25-21/h4-10H,3,12H2,1-2H3,(H,24,25)/b14-8+. The first-order valence-corrected chi connectivity index (χ1v) is 9.86. The molecular weight excluding hydrogens is 485 g/mol. The fourth-order valence-corrected chi connectivity index (χ4v) is 3.48. The Morgan fingerprint density at radius 1 is 1.34 bits per heavy atom. The molecule has 0 amide bonds. The second-order valence-corrected chi connectivity index (χ2v) is 7.06. The Hall–Kier alpha value is -3.06. The number of fused-ring (bicyclic) bond motifs is 1. The van der Waals surface area contributed by atoms with Crippen molar-refractivity contribution in [3.63, 3.8) is 0 Å². The van der Waals surface area contributed by atoms with Gasteiger partial charge in [0.1, 0.15) is 11.9 Å². The minimum absolute atomic E-state index is 0.210. The molecule has 0 atom stereocenters. The number of para-hydroxylation sites is 2. The van der Waals surface area contributed by atoms with Crippen LogP contribution in [-0.4, -0.2) is 36.3 Å². The molecule has 148 valence electrons. The van der Waals surface area contributed by atoms with Crippen LogP contribution >= 0.6 is 22.6 Å². The van der Waals surface area contributed by atoms with Crippen LogP contribution in [0, 0.1) is 14.9 Å². The Bertz CT molecular complexity index is 1080. The van der Waals surface area contributed by atoms with Crippen LogP contribution in [-0.2, 0) is 9.53 Å². The topological polar surface area (TPSA) is 97.2 Å². The lowest BCUT2D eigenvalue weighted by Gasteiger charge is -2.13. The molecule has 0 radical (unpaired) electrons. The van der Waals surface area contributed by atoms with E-state index in [0.29, 0.717) is 29.5 Å². The van der Waals surface area contributed by atoms with Gasteiger partial charge in [-0.15, -0.1) is 0 Å². The van der Waals surface area contributed by atoms with Gasteiger partial charge >= 0.3 is 5.97 Å². The second kappa shape index (κ2) is 9.43. The van der Waals surface area contributed by atoms with E-state index in [9.17, 15) is 10.1 Å². The van der Waals surface area contributed by atoms with Crippen molar-refractivity contribution in [1.29, 1.82) is 5.26 Å². The van der Waals surface area contributed by atoms with Crippen molar-refractivity contribution < 1.29 is 19.0 Å². The third-order valence-electron chi connectivity index (χ3n) is 3.97. The molecule has 0 aliphatic rings. The predicted molar refractivity (Wildman–Crippen MR) is 117 cm³/mol. The summed E-state index contributed by atoms with van der Waals surface area (Å²) in [7, 11) is 1.51. The number of esters is 1. The van der Waals surface area contributed by atoms with E-state index in [-0.39, 0.29) is 6.61 Å². The highest BCUT2D eigenvalue weighted by molar-refractivity contribution is 14.1. The molecule has 0 aliphatic heterocycles. The molecule has 1 heterocycles. The van der Waals surface area contributed by atoms with Crippen molar-refractivity contribution in [1.82, 2.24) is 9.97 Å². The van der Waals surface area contributed by atoms with Gasteiger partial charge in [0, 0.05) is 0 Å². The number of H-pyrrole nitrogens is 1. The molecule has 3 aromatic rings. The Morgan fingerprint density at radius 3 is 2.83 bits per heavy atom. The number of aromatic nitrogens is 2. The largest absolute Gasteiger partial charge is 0.493 e. The average Bonchev–Trinajstić information content (AvgIpc) is 3.15. The molecule has 3 rings (SSSR count). The van der Waals surface area contributed by atoms with E-state index >= 15 is 0 Å². The Morgan fingerprint density at radius 2 is 2.14 bits per heavy atom. The third kappa shape index (κ3) is 4.86. The van der Waals surface area contributed by atoms with E-state index in [1.54, 1.807) is 19.1 Å². The molecule has 29 heavy (non-hydrogen) atoms. The number of hydrogen-bond acceptors (Lipinski definition) is 6. The Labute approximate surface area is 181 Å². The number of nitrogens with zero attached hydrogens (tertiary/aromatic N) is 2. The maximum Gasteiger partial charge on any atom is 0.344 e. The average molecular weight is 503 g/mol. The lowest BCUT2D eigenvalue weighted by Crippen LogP contribution is -2.15. The van der Waals surface area contributed by atoms with Gasteiger partial charge in [-0.1, -0.05) is 12.1 Å². The van der Waals surface area contributed by atoms with Crippen LogP contribution in [0.1, 0.15) is 18.3 Å². The number of allylic oxidation sites excluding steroid dienone is 1. The summed E-state index contributed by atoms with van der Waals surface area (Å²) in [6, 6.07) is 13.3. The van der Waals surface area contributed by atoms with Crippen molar-refractivity contribution in [2.45, 2.75) is 6.92 Å². The molecule has 0 aliphatic carbocycles. The summed E-state index contributed by atoms with van der Waals surface area (Å²) in [6.45, 7) is 1.81. The van der Waals surface area contributed by atoms with Crippen molar-refractivity contribution in [2.24, 2.45) is 0 Å². The molecule has 8 heteroatoms. The smallest absolute Gasteiger partial charge is 0.344 e. The molecule has 0 bridgehead atoms.